The molecule has 0 aliphatic carbocycles. The van der Waals surface area contributed by atoms with Crippen LogP contribution in [0.25, 0.3) is 11.0 Å². The van der Waals surface area contributed by atoms with Crippen LogP contribution < -0.4 is 5.63 Å². The summed E-state index contributed by atoms with van der Waals surface area (Å²) in [6.45, 7) is 5.96. The largest absolute Gasteiger partial charge is 0.423 e. The molecule has 2 aromatic rings. The highest BCUT2D eigenvalue weighted by molar-refractivity contribution is 5.76. The molecule has 0 saturated heterocycles. The van der Waals surface area contributed by atoms with Crippen molar-refractivity contribution >= 4 is 11.0 Å². The Morgan fingerprint density at radius 3 is 2.43 bits per heavy atom. The lowest BCUT2D eigenvalue weighted by Gasteiger charge is -1.95. The van der Waals surface area contributed by atoms with E-state index in [9.17, 15) is 4.79 Å². The maximum atomic E-state index is 10.8. The van der Waals surface area contributed by atoms with Crippen LogP contribution >= 0.6 is 0 Å². The van der Waals surface area contributed by atoms with Crippen LogP contribution in [0.5, 0.6) is 0 Å². The smallest absolute Gasteiger partial charge is 0.336 e. The van der Waals surface area contributed by atoms with Gasteiger partial charge in [0.15, 0.2) is 0 Å². The van der Waals surface area contributed by atoms with Crippen molar-refractivity contribution in [2.24, 2.45) is 0 Å². The van der Waals surface area contributed by atoms with Crippen molar-refractivity contribution in [3.8, 4) is 0 Å². The van der Waals surface area contributed by atoms with Gasteiger partial charge in [-0.05, 0) is 24.6 Å². The molecular formula is C12H14O2. The Bertz CT molecular complexity index is 469. The highest BCUT2D eigenvalue weighted by Gasteiger charge is 1.95. The lowest BCUT2D eigenvalue weighted by Crippen LogP contribution is -1.93. The first-order valence-corrected chi connectivity index (χ1v) is 4.76. The summed E-state index contributed by atoms with van der Waals surface area (Å²) >= 11 is 0. The minimum atomic E-state index is -0.298. The lowest BCUT2D eigenvalue weighted by atomic mass is 10.2. The van der Waals surface area contributed by atoms with Crippen molar-refractivity contribution in [3.63, 3.8) is 0 Å². The molecule has 0 N–H and O–H groups in total. The minimum absolute atomic E-state index is 0.298. The molecule has 0 amide bonds. The van der Waals surface area contributed by atoms with Gasteiger partial charge in [0.1, 0.15) is 5.58 Å². The summed E-state index contributed by atoms with van der Waals surface area (Å²) in [5, 5.41) is 0.959. The van der Waals surface area contributed by atoms with Crippen LogP contribution in [0.3, 0.4) is 0 Å². The van der Waals surface area contributed by atoms with Gasteiger partial charge in [0.2, 0.25) is 0 Å². The van der Waals surface area contributed by atoms with Gasteiger partial charge in [0.05, 0.1) is 0 Å². The first-order valence-electron chi connectivity index (χ1n) is 4.76. The SMILES string of the molecule is CC.Cc1ccc2ccc(=O)oc2c1. The van der Waals surface area contributed by atoms with E-state index in [1.54, 1.807) is 6.07 Å². The zero-order valence-corrected chi connectivity index (χ0v) is 8.70. The van der Waals surface area contributed by atoms with Crippen molar-refractivity contribution < 1.29 is 4.42 Å². The third-order valence-electron chi connectivity index (χ3n) is 1.78. The molecule has 0 atom stereocenters. The summed E-state index contributed by atoms with van der Waals surface area (Å²) in [6.07, 6.45) is 0. The summed E-state index contributed by atoms with van der Waals surface area (Å²) in [5.41, 5.74) is 1.45. The predicted octanol–water partition coefficient (Wildman–Crippen LogP) is 3.13. The van der Waals surface area contributed by atoms with Crippen molar-refractivity contribution in [2.45, 2.75) is 20.8 Å². The summed E-state index contributed by atoms with van der Waals surface area (Å²) in [6, 6.07) is 8.98. The van der Waals surface area contributed by atoms with Crippen LogP contribution in [0.1, 0.15) is 19.4 Å². The number of benzene rings is 1. The van der Waals surface area contributed by atoms with E-state index in [2.05, 4.69) is 0 Å². The van der Waals surface area contributed by atoms with Crippen LogP contribution in [0.15, 0.2) is 39.5 Å². The molecule has 0 radical (unpaired) electrons. The van der Waals surface area contributed by atoms with Crippen LogP contribution in [0.4, 0.5) is 0 Å². The Hall–Kier alpha value is -1.57. The summed E-state index contributed by atoms with van der Waals surface area (Å²) in [4.78, 5) is 10.8. The second kappa shape index (κ2) is 4.61. The molecule has 0 aliphatic rings. The third kappa shape index (κ3) is 2.22. The second-order valence-corrected chi connectivity index (χ2v) is 2.80. The molecule has 0 spiro atoms. The van der Waals surface area contributed by atoms with Crippen molar-refractivity contribution in [1.82, 2.24) is 0 Å². The quantitative estimate of drug-likeness (QED) is 0.597. The molecule has 0 unspecified atom stereocenters. The molecule has 0 fully saturated rings. The Balaban J connectivity index is 0.000000461. The van der Waals surface area contributed by atoms with Gasteiger partial charge in [0, 0.05) is 11.5 Å². The fourth-order valence-electron chi connectivity index (χ4n) is 1.17. The van der Waals surface area contributed by atoms with Gasteiger partial charge in [-0.3, -0.25) is 0 Å². The van der Waals surface area contributed by atoms with Crippen molar-refractivity contribution in [3.05, 3.63) is 46.3 Å². The van der Waals surface area contributed by atoms with E-state index < -0.39 is 0 Å². The number of hydrogen-bond acceptors (Lipinski definition) is 2. The standard InChI is InChI=1S/C10H8O2.C2H6/c1-7-2-3-8-4-5-10(11)12-9(8)6-7;1-2/h2-6H,1H3;1-2H3. The first-order chi connectivity index (χ1) is 6.75. The number of rotatable bonds is 0. The van der Waals surface area contributed by atoms with Gasteiger partial charge < -0.3 is 4.42 Å². The molecule has 0 saturated carbocycles. The zero-order chi connectivity index (χ0) is 10.6. The zero-order valence-electron chi connectivity index (χ0n) is 8.70. The summed E-state index contributed by atoms with van der Waals surface area (Å²) in [5.74, 6) is 0. The molecule has 74 valence electrons. The van der Waals surface area contributed by atoms with E-state index in [1.807, 2.05) is 39.0 Å². The minimum Gasteiger partial charge on any atom is -0.423 e. The fourth-order valence-corrected chi connectivity index (χ4v) is 1.17. The van der Waals surface area contributed by atoms with Gasteiger partial charge in [0.25, 0.3) is 0 Å². The van der Waals surface area contributed by atoms with E-state index in [0.717, 1.165) is 10.9 Å². The van der Waals surface area contributed by atoms with Crippen LogP contribution in [0.2, 0.25) is 0 Å². The van der Waals surface area contributed by atoms with Gasteiger partial charge in [-0.25, -0.2) is 4.79 Å². The number of aryl methyl sites for hydroxylation is 1. The van der Waals surface area contributed by atoms with E-state index in [4.69, 9.17) is 4.42 Å². The normalized spacial score (nSPS) is 9.36. The number of hydrogen-bond donors (Lipinski definition) is 0. The van der Waals surface area contributed by atoms with Crippen molar-refractivity contribution in [1.29, 1.82) is 0 Å². The molecule has 2 nitrogen and oxygen atoms in total. The van der Waals surface area contributed by atoms with E-state index in [0.29, 0.717) is 5.58 Å². The topological polar surface area (TPSA) is 30.2 Å². The molecule has 14 heavy (non-hydrogen) atoms. The Labute approximate surface area is 83.2 Å². The Kier molecular flexibility index (Phi) is 3.46. The fraction of sp³-hybridized carbons (Fsp3) is 0.250. The predicted molar refractivity (Wildman–Crippen MR) is 58.6 cm³/mol. The average molecular weight is 190 g/mol. The lowest BCUT2D eigenvalue weighted by molar-refractivity contribution is 0.561. The summed E-state index contributed by atoms with van der Waals surface area (Å²) in [7, 11) is 0. The van der Waals surface area contributed by atoms with E-state index >= 15 is 0 Å². The first kappa shape index (κ1) is 10.5. The summed E-state index contributed by atoms with van der Waals surface area (Å²) < 4.78 is 4.99. The molecular weight excluding hydrogens is 176 g/mol. The maximum Gasteiger partial charge on any atom is 0.336 e. The van der Waals surface area contributed by atoms with Gasteiger partial charge >= 0.3 is 5.63 Å². The van der Waals surface area contributed by atoms with Crippen LogP contribution in [0, 0.1) is 6.92 Å². The molecule has 2 rings (SSSR count). The highest BCUT2D eigenvalue weighted by Crippen LogP contribution is 2.12. The van der Waals surface area contributed by atoms with Gasteiger partial charge in [-0.2, -0.15) is 0 Å². The highest BCUT2D eigenvalue weighted by atomic mass is 16.4. The van der Waals surface area contributed by atoms with Gasteiger partial charge in [-0.15, -0.1) is 0 Å². The van der Waals surface area contributed by atoms with Crippen LogP contribution in [-0.2, 0) is 0 Å². The molecule has 0 aliphatic heterocycles. The molecule has 1 heterocycles. The number of fused-ring (bicyclic) bond motifs is 1. The Morgan fingerprint density at radius 1 is 1.07 bits per heavy atom. The molecule has 1 aromatic heterocycles. The average Bonchev–Trinajstić information content (AvgIpc) is 2.20. The van der Waals surface area contributed by atoms with E-state index in [1.165, 1.54) is 6.07 Å². The van der Waals surface area contributed by atoms with Crippen LogP contribution in [-0.4, -0.2) is 0 Å². The van der Waals surface area contributed by atoms with E-state index in [-0.39, 0.29) is 5.63 Å². The molecule has 0 bridgehead atoms. The van der Waals surface area contributed by atoms with Crippen molar-refractivity contribution in [2.75, 3.05) is 0 Å². The molecule has 1 aromatic carbocycles. The Morgan fingerprint density at radius 2 is 1.71 bits per heavy atom. The maximum absolute atomic E-state index is 10.8. The monoisotopic (exact) mass is 190 g/mol. The van der Waals surface area contributed by atoms with Gasteiger partial charge in [-0.1, -0.05) is 26.0 Å². The third-order valence-corrected chi connectivity index (χ3v) is 1.78. The molecule has 2 heteroatoms. The second-order valence-electron chi connectivity index (χ2n) is 2.80.